The summed E-state index contributed by atoms with van der Waals surface area (Å²) in [6.07, 6.45) is 0. The molecule has 2 nitrogen and oxygen atoms in total. The van der Waals surface area contributed by atoms with Crippen molar-refractivity contribution >= 4 is 43.6 Å². The normalized spacial score (nSPS) is 12.0. The molecular formula is C48H40N2. The van der Waals surface area contributed by atoms with Gasteiger partial charge in [0.15, 0.2) is 0 Å². The van der Waals surface area contributed by atoms with E-state index >= 15 is 0 Å². The Balaban J connectivity index is 1.25. The smallest absolute Gasteiger partial charge is 0.0547 e. The zero-order chi connectivity index (χ0) is 33.9. The molecule has 0 amide bonds. The van der Waals surface area contributed by atoms with Gasteiger partial charge in [-0.15, -0.1) is 0 Å². The third kappa shape index (κ3) is 4.70. The Morgan fingerprint density at radius 2 is 0.940 bits per heavy atom. The van der Waals surface area contributed by atoms with Gasteiger partial charge in [0.25, 0.3) is 0 Å². The van der Waals surface area contributed by atoms with E-state index < -0.39 is 0 Å². The molecule has 0 aliphatic heterocycles. The maximum Gasteiger partial charge on any atom is 0.0547 e. The first-order valence-electron chi connectivity index (χ1n) is 17.8. The molecule has 0 N–H and O–H groups in total. The fourth-order valence-electron chi connectivity index (χ4n) is 8.17. The topological polar surface area (TPSA) is 9.86 Å². The van der Waals surface area contributed by atoms with E-state index in [1.807, 2.05) is 0 Å². The van der Waals surface area contributed by atoms with Crippen molar-refractivity contribution in [3.05, 3.63) is 169 Å². The Kier molecular flexibility index (Phi) is 7.21. The standard InChI is InChI=1S/C48H40N2/c1-31(2)37-21-13-25-44-47(37)48-38(32(3)4)22-14-26-45(48)50(44)42-23-10-8-19-39(42)35-16-12-15-33(29-35)34-27-28-41-40-20-9-11-24-43(40)49(46(41)30-34)36-17-6-5-7-18-36/h5-32H,1-4H3. The molecular weight excluding hydrogens is 605 g/mol. The maximum atomic E-state index is 2.51. The van der Waals surface area contributed by atoms with Crippen molar-refractivity contribution in [1.29, 1.82) is 0 Å². The molecule has 0 radical (unpaired) electrons. The molecule has 0 bridgehead atoms. The number of fused-ring (bicyclic) bond motifs is 6. The summed E-state index contributed by atoms with van der Waals surface area (Å²) < 4.78 is 4.90. The van der Waals surface area contributed by atoms with E-state index in [2.05, 4.69) is 195 Å². The summed E-state index contributed by atoms with van der Waals surface area (Å²) in [7, 11) is 0. The molecule has 0 aliphatic rings. The van der Waals surface area contributed by atoms with E-state index in [1.165, 1.54) is 88.4 Å². The number of hydrogen-bond donors (Lipinski definition) is 0. The van der Waals surface area contributed by atoms with Crippen LogP contribution >= 0.6 is 0 Å². The average molecular weight is 645 g/mol. The van der Waals surface area contributed by atoms with Crippen molar-refractivity contribution < 1.29 is 0 Å². The van der Waals surface area contributed by atoms with Crippen LogP contribution in [0.5, 0.6) is 0 Å². The van der Waals surface area contributed by atoms with Crippen LogP contribution in [0.1, 0.15) is 50.7 Å². The van der Waals surface area contributed by atoms with Crippen LogP contribution in [0.25, 0.3) is 77.2 Å². The first kappa shape index (κ1) is 30.2. The summed E-state index contributed by atoms with van der Waals surface area (Å²) in [5.41, 5.74) is 15.0. The van der Waals surface area contributed by atoms with E-state index in [-0.39, 0.29) is 0 Å². The quantitative estimate of drug-likeness (QED) is 0.170. The molecule has 9 aromatic rings. The third-order valence-corrected chi connectivity index (χ3v) is 10.5. The minimum Gasteiger partial charge on any atom is -0.309 e. The zero-order valence-corrected chi connectivity index (χ0v) is 29.1. The predicted molar refractivity (Wildman–Crippen MR) is 214 cm³/mol. The number of hydrogen-bond acceptors (Lipinski definition) is 0. The van der Waals surface area contributed by atoms with Crippen molar-refractivity contribution in [2.24, 2.45) is 0 Å². The number of nitrogens with zero attached hydrogens (tertiary/aromatic N) is 2. The van der Waals surface area contributed by atoms with Crippen molar-refractivity contribution in [3.63, 3.8) is 0 Å². The third-order valence-electron chi connectivity index (χ3n) is 10.5. The van der Waals surface area contributed by atoms with Crippen molar-refractivity contribution in [2.45, 2.75) is 39.5 Å². The van der Waals surface area contributed by atoms with Gasteiger partial charge in [-0.1, -0.05) is 137 Å². The fourth-order valence-corrected chi connectivity index (χ4v) is 8.17. The molecule has 2 heterocycles. The molecule has 9 rings (SSSR count). The van der Waals surface area contributed by atoms with Gasteiger partial charge in [0.1, 0.15) is 0 Å². The molecule has 242 valence electrons. The van der Waals surface area contributed by atoms with Crippen molar-refractivity contribution in [1.82, 2.24) is 9.13 Å². The first-order chi connectivity index (χ1) is 24.5. The molecule has 0 unspecified atom stereocenters. The van der Waals surface area contributed by atoms with Crippen molar-refractivity contribution in [2.75, 3.05) is 0 Å². The molecule has 0 atom stereocenters. The highest BCUT2D eigenvalue weighted by atomic mass is 15.0. The molecule has 0 spiro atoms. The average Bonchev–Trinajstić information content (AvgIpc) is 3.67. The van der Waals surface area contributed by atoms with E-state index in [0.29, 0.717) is 11.8 Å². The van der Waals surface area contributed by atoms with Crippen LogP contribution in [0.3, 0.4) is 0 Å². The van der Waals surface area contributed by atoms with Crippen LogP contribution < -0.4 is 0 Å². The zero-order valence-electron chi connectivity index (χ0n) is 29.1. The highest BCUT2D eigenvalue weighted by Gasteiger charge is 2.22. The minimum absolute atomic E-state index is 0.419. The summed E-state index contributed by atoms with van der Waals surface area (Å²) in [6.45, 7) is 9.25. The predicted octanol–water partition coefficient (Wildman–Crippen LogP) is 13.5. The Morgan fingerprint density at radius 3 is 1.66 bits per heavy atom. The number of rotatable bonds is 6. The van der Waals surface area contributed by atoms with Crippen LogP contribution in [0.2, 0.25) is 0 Å². The Labute approximate surface area is 293 Å². The molecule has 0 saturated carbocycles. The van der Waals surface area contributed by atoms with Crippen LogP contribution in [-0.4, -0.2) is 9.13 Å². The van der Waals surface area contributed by atoms with E-state index in [9.17, 15) is 0 Å². The fraction of sp³-hybridized carbons (Fsp3) is 0.125. The highest BCUT2D eigenvalue weighted by molar-refractivity contribution is 6.13. The van der Waals surface area contributed by atoms with Crippen LogP contribution in [0, 0.1) is 0 Å². The highest BCUT2D eigenvalue weighted by Crippen LogP contribution is 2.43. The lowest BCUT2D eigenvalue weighted by Crippen LogP contribution is -1.98. The molecule has 0 fully saturated rings. The van der Waals surface area contributed by atoms with Gasteiger partial charge in [-0.2, -0.15) is 0 Å². The molecule has 2 aromatic heterocycles. The molecule has 7 aromatic carbocycles. The lowest BCUT2D eigenvalue weighted by molar-refractivity contribution is 0.871. The molecule has 50 heavy (non-hydrogen) atoms. The second kappa shape index (κ2) is 11.9. The van der Waals surface area contributed by atoms with E-state index in [0.717, 1.165) is 0 Å². The van der Waals surface area contributed by atoms with Crippen molar-refractivity contribution in [3.8, 4) is 33.6 Å². The number of aromatic nitrogens is 2. The Hall–Kier alpha value is -5.86. The summed E-state index contributed by atoms with van der Waals surface area (Å²) >= 11 is 0. The summed E-state index contributed by atoms with van der Waals surface area (Å²) in [5, 5.41) is 5.30. The van der Waals surface area contributed by atoms with Gasteiger partial charge < -0.3 is 9.13 Å². The largest absolute Gasteiger partial charge is 0.309 e. The van der Waals surface area contributed by atoms with Crippen LogP contribution in [0.4, 0.5) is 0 Å². The summed E-state index contributed by atoms with van der Waals surface area (Å²) in [6, 6.07) is 58.1. The lowest BCUT2D eigenvalue weighted by Gasteiger charge is -2.15. The second-order valence-corrected chi connectivity index (χ2v) is 14.1. The molecule has 0 aliphatic carbocycles. The Bertz CT molecular complexity index is 2640. The molecule has 0 saturated heterocycles. The monoisotopic (exact) mass is 644 g/mol. The molecule has 2 heteroatoms. The van der Waals surface area contributed by atoms with E-state index in [4.69, 9.17) is 0 Å². The van der Waals surface area contributed by atoms with Gasteiger partial charge in [-0.3, -0.25) is 0 Å². The second-order valence-electron chi connectivity index (χ2n) is 14.1. The van der Waals surface area contributed by atoms with E-state index in [1.54, 1.807) is 0 Å². The van der Waals surface area contributed by atoms with Gasteiger partial charge in [0.05, 0.1) is 27.8 Å². The lowest BCUT2D eigenvalue weighted by atomic mass is 9.92. The van der Waals surface area contributed by atoms with Gasteiger partial charge >= 0.3 is 0 Å². The number of benzene rings is 7. The summed E-state index contributed by atoms with van der Waals surface area (Å²) in [5.74, 6) is 0.839. The van der Waals surface area contributed by atoms with Gasteiger partial charge in [0.2, 0.25) is 0 Å². The first-order valence-corrected chi connectivity index (χ1v) is 17.8. The van der Waals surface area contributed by atoms with Crippen LogP contribution in [0.15, 0.2) is 158 Å². The summed E-state index contributed by atoms with van der Waals surface area (Å²) in [4.78, 5) is 0. The minimum atomic E-state index is 0.419. The van der Waals surface area contributed by atoms with Gasteiger partial charge in [-0.05, 0) is 88.2 Å². The SMILES string of the molecule is CC(C)c1cccc2c1c1c(C(C)C)cccc1n2-c1ccccc1-c1cccc(-c2ccc3c4ccccc4n(-c4ccccc4)c3c2)c1. The van der Waals surface area contributed by atoms with Gasteiger partial charge in [-0.25, -0.2) is 0 Å². The maximum absolute atomic E-state index is 2.51. The Morgan fingerprint density at radius 1 is 0.380 bits per heavy atom. The van der Waals surface area contributed by atoms with Crippen LogP contribution in [-0.2, 0) is 0 Å². The van der Waals surface area contributed by atoms with Gasteiger partial charge in [0, 0.05) is 32.8 Å². The number of para-hydroxylation sites is 3.